The van der Waals surface area contributed by atoms with Gasteiger partial charge in [0.2, 0.25) is 0 Å². The second kappa shape index (κ2) is 6.96. The van der Waals surface area contributed by atoms with E-state index in [0.717, 1.165) is 11.3 Å². The van der Waals surface area contributed by atoms with Gasteiger partial charge in [-0.3, -0.25) is 24.6 Å². The lowest BCUT2D eigenvalue weighted by Crippen LogP contribution is -2.44. The van der Waals surface area contributed by atoms with Crippen molar-refractivity contribution in [2.45, 2.75) is 6.42 Å². The topological polar surface area (TPSA) is 119 Å². The second-order valence-electron chi connectivity index (χ2n) is 5.81. The van der Waals surface area contributed by atoms with Gasteiger partial charge >= 0.3 is 0 Å². The first-order valence-electron chi connectivity index (χ1n) is 8.02. The van der Waals surface area contributed by atoms with Crippen LogP contribution in [0.5, 0.6) is 0 Å². The number of imide groups is 1. The van der Waals surface area contributed by atoms with E-state index in [2.05, 4.69) is 5.32 Å². The number of benzene rings is 2. The minimum atomic E-state index is -0.537. The quantitative estimate of drug-likeness (QED) is 0.339. The van der Waals surface area contributed by atoms with Crippen LogP contribution in [0.3, 0.4) is 0 Å². The number of hydrogen-bond donors (Lipinski definition) is 2. The van der Waals surface area contributed by atoms with E-state index in [1.807, 2.05) is 0 Å². The SMILES string of the molecule is NCCCNCCN1C(=O)c2cccc3cc([N+](=O)[O-])cc(c23)C1=O. The number of carbonyl (C=O) groups excluding carboxylic acids is 2. The fraction of sp³-hybridized carbons (Fsp3) is 0.294. The third-order valence-corrected chi connectivity index (χ3v) is 4.19. The largest absolute Gasteiger partial charge is 0.330 e. The highest BCUT2D eigenvalue weighted by Gasteiger charge is 2.33. The molecule has 0 aromatic heterocycles. The predicted molar refractivity (Wildman–Crippen MR) is 92.5 cm³/mol. The molecule has 2 aromatic rings. The van der Waals surface area contributed by atoms with Crippen molar-refractivity contribution in [3.63, 3.8) is 0 Å². The first kappa shape index (κ1) is 17.0. The van der Waals surface area contributed by atoms with E-state index in [4.69, 9.17) is 5.73 Å². The Kier molecular flexibility index (Phi) is 4.73. The average Bonchev–Trinajstić information content (AvgIpc) is 2.61. The Balaban J connectivity index is 1.96. The Hall–Kier alpha value is -2.84. The summed E-state index contributed by atoms with van der Waals surface area (Å²) in [5.74, 6) is -0.879. The van der Waals surface area contributed by atoms with Gasteiger partial charge in [-0.15, -0.1) is 0 Å². The molecule has 0 fully saturated rings. The summed E-state index contributed by atoms with van der Waals surface area (Å²) in [6.07, 6.45) is 0.802. The molecule has 25 heavy (non-hydrogen) atoms. The van der Waals surface area contributed by atoms with Crippen LogP contribution in [0.15, 0.2) is 30.3 Å². The van der Waals surface area contributed by atoms with Gasteiger partial charge in [-0.05, 0) is 31.0 Å². The Morgan fingerprint density at radius 3 is 2.60 bits per heavy atom. The minimum Gasteiger partial charge on any atom is -0.330 e. The molecule has 8 nitrogen and oxygen atoms in total. The van der Waals surface area contributed by atoms with Gasteiger partial charge < -0.3 is 11.1 Å². The molecule has 8 heteroatoms. The molecule has 0 saturated heterocycles. The molecular weight excluding hydrogens is 324 g/mol. The molecule has 0 radical (unpaired) electrons. The zero-order valence-electron chi connectivity index (χ0n) is 13.5. The van der Waals surface area contributed by atoms with E-state index in [1.54, 1.807) is 18.2 Å². The second-order valence-corrected chi connectivity index (χ2v) is 5.81. The first-order chi connectivity index (χ1) is 12.0. The maximum atomic E-state index is 12.7. The van der Waals surface area contributed by atoms with Crippen LogP contribution in [0.1, 0.15) is 27.1 Å². The van der Waals surface area contributed by atoms with Crippen LogP contribution < -0.4 is 11.1 Å². The number of rotatable bonds is 7. The highest BCUT2D eigenvalue weighted by atomic mass is 16.6. The van der Waals surface area contributed by atoms with Crippen molar-refractivity contribution in [3.05, 3.63) is 51.6 Å². The van der Waals surface area contributed by atoms with E-state index in [9.17, 15) is 19.7 Å². The lowest BCUT2D eigenvalue weighted by Gasteiger charge is -2.27. The number of nitro groups is 1. The molecule has 0 atom stereocenters. The number of amides is 2. The van der Waals surface area contributed by atoms with Crippen LogP contribution in [0.25, 0.3) is 10.8 Å². The number of nitro benzene ring substituents is 1. The third-order valence-electron chi connectivity index (χ3n) is 4.19. The van der Waals surface area contributed by atoms with E-state index in [0.29, 0.717) is 36.0 Å². The van der Waals surface area contributed by atoms with Gasteiger partial charge in [-0.2, -0.15) is 0 Å². The molecule has 0 saturated carbocycles. The van der Waals surface area contributed by atoms with Crippen molar-refractivity contribution >= 4 is 28.3 Å². The molecule has 0 unspecified atom stereocenters. The fourth-order valence-electron chi connectivity index (χ4n) is 2.99. The van der Waals surface area contributed by atoms with Crippen molar-refractivity contribution in [1.29, 1.82) is 0 Å². The summed E-state index contributed by atoms with van der Waals surface area (Å²) in [7, 11) is 0. The lowest BCUT2D eigenvalue weighted by atomic mass is 9.93. The molecule has 1 aliphatic rings. The zero-order chi connectivity index (χ0) is 18.0. The van der Waals surface area contributed by atoms with Crippen molar-refractivity contribution in [3.8, 4) is 0 Å². The summed E-state index contributed by atoms with van der Waals surface area (Å²) in [4.78, 5) is 37.2. The highest BCUT2D eigenvalue weighted by molar-refractivity contribution is 6.25. The maximum absolute atomic E-state index is 12.7. The molecule has 0 bridgehead atoms. The van der Waals surface area contributed by atoms with Gasteiger partial charge in [0.05, 0.1) is 10.5 Å². The van der Waals surface area contributed by atoms with Gasteiger partial charge in [0.15, 0.2) is 0 Å². The number of nitrogens with zero attached hydrogens (tertiary/aromatic N) is 2. The molecule has 130 valence electrons. The van der Waals surface area contributed by atoms with Crippen LogP contribution in [0, 0.1) is 10.1 Å². The molecule has 0 aliphatic carbocycles. The number of hydrogen-bond acceptors (Lipinski definition) is 6. The van der Waals surface area contributed by atoms with Gasteiger partial charge in [-0.25, -0.2) is 0 Å². The Labute approximate surface area is 143 Å². The predicted octanol–water partition coefficient (Wildman–Crippen LogP) is 1.28. The molecule has 0 spiro atoms. The van der Waals surface area contributed by atoms with Crippen molar-refractivity contribution in [2.75, 3.05) is 26.2 Å². The van der Waals surface area contributed by atoms with Crippen molar-refractivity contribution in [2.24, 2.45) is 5.73 Å². The Bertz CT molecular complexity index is 865. The normalized spacial score (nSPS) is 13.6. The number of carbonyl (C=O) groups is 2. The smallest absolute Gasteiger partial charge is 0.270 e. The summed E-state index contributed by atoms with van der Waals surface area (Å²) in [5.41, 5.74) is 5.84. The van der Waals surface area contributed by atoms with Crippen LogP contribution >= 0.6 is 0 Å². The van der Waals surface area contributed by atoms with E-state index >= 15 is 0 Å². The lowest BCUT2D eigenvalue weighted by molar-refractivity contribution is -0.384. The highest BCUT2D eigenvalue weighted by Crippen LogP contribution is 2.33. The monoisotopic (exact) mass is 342 g/mol. The Morgan fingerprint density at radius 2 is 1.88 bits per heavy atom. The number of non-ortho nitro benzene ring substituents is 1. The van der Waals surface area contributed by atoms with E-state index < -0.39 is 10.8 Å². The summed E-state index contributed by atoms with van der Waals surface area (Å²) in [5, 5.41) is 15.3. The van der Waals surface area contributed by atoms with Gasteiger partial charge in [0.1, 0.15) is 0 Å². The van der Waals surface area contributed by atoms with Gasteiger partial charge in [-0.1, -0.05) is 12.1 Å². The molecule has 2 amide bonds. The summed E-state index contributed by atoms with van der Waals surface area (Å²) in [6.45, 7) is 1.90. The van der Waals surface area contributed by atoms with Crippen LogP contribution in [0.2, 0.25) is 0 Å². The van der Waals surface area contributed by atoms with Crippen molar-refractivity contribution < 1.29 is 14.5 Å². The number of nitrogens with two attached hydrogens (primary N) is 1. The van der Waals surface area contributed by atoms with Gasteiger partial charge in [0, 0.05) is 36.2 Å². The van der Waals surface area contributed by atoms with Crippen LogP contribution in [-0.4, -0.2) is 47.8 Å². The Morgan fingerprint density at radius 1 is 1.12 bits per heavy atom. The molecule has 1 heterocycles. The number of nitrogens with one attached hydrogen (secondary N) is 1. The standard InChI is InChI=1S/C17H18N4O4/c18-5-2-6-19-7-8-20-16(22)13-4-1-3-11-9-12(21(24)25)10-14(15(11)13)17(20)23/h1,3-4,9-10,19H,2,5-8,18H2. The molecule has 3 N–H and O–H groups in total. The third kappa shape index (κ3) is 3.09. The van der Waals surface area contributed by atoms with Crippen LogP contribution in [0.4, 0.5) is 5.69 Å². The zero-order valence-corrected chi connectivity index (χ0v) is 13.5. The summed E-state index contributed by atoms with van der Waals surface area (Å²) >= 11 is 0. The first-order valence-corrected chi connectivity index (χ1v) is 8.02. The van der Waals surface area contributed by atoms with Crippen LogP contribution in [-0.2, 0) is 0 Å². The van der Waals surface area contributed by atoms with E-state index in [-0.39, 0.29) is 23.7 Å². The fourth-order valence-corrected chi connectivity index (χ4v) is 2.99. The minimum absolute atomic E-state index is 0.164. The van der Waals surface area contributed by atoms with Gasteiger partial charge in [0.25, 0.3) is 17.5 Å². The van der Waals surface area contributed by atoms with E-state index in [1.165, 1.54) is 12.1 Å². The summed E-state index contributed by atoms with van der Waals surface area (Å²) in [6, 6.07) is 7.60. The molecular formula is C17H18N4O4. The maximum Gasteiger partial charge on any atom is 0.270 e. The van der Waals surface area contributed by atoms with Crippen molar-refractivity contribution in [1.82, 2.24) is 10.2 Å². The molecule has 2 aromatic carbocycles. The average molecular weight is 342 g/mol. The molecule has 1 aliphatic heterocycles. The molecule has 3 rings (SSSR count). The summed E-state index contributed by atoms with van der Waals surface area (Å²) < 4.78 is 0.